The third kappa shape index (κ3) is 3.93. The quantitative estimate of drug-likeness (QED) is 0.665. The van der Waals surface area contributed by atoms with Crippen molar-refractivity contribution >= 4 is 17.3 Å². The first kappa shape index (κ1) is 14.3. The van der Waals surface area contributed by atoms with Gasteiger partial charge in [0.05, 0.1) is 4.92 Å². The van der Waals surface area contributed by atoms with Gasteiger partial charge in [-0.25, -0.2) is 0 Å². The van der Waals surface area contributed by atoms with Crippen LogP contribution in [0.5, 0.6) is 11.5 Å². The lowest BCUT2D eigenvalue weighted by molar-refractivity contribution is -0.385. The number of nitro groups is 1. The van der Waals surface area contributed by atoms with Crippen LogP contribution in [0.2, 0.25) is 0 Å². The van der Waals surface area contributed by atoms with Gasteiger partial charge < -0.3 is 15.2 Å². The molecular formula is C14H11N2O5-. The summed E-state index contributed by atoms with van der Waals surface area (Å²) in [6.45, 7) is -0.299. The van der Waals surface area contributed by atoms with Crippen molar-refractivity contribution in [2.45, 2.75) is 0 Å². The standard InChI is InChI=1S/C14H12N2O5/c17-13-7-6-10(16(19)20)8-12(13)15-14(18)9-21-11-4-2-1-3-5-11/h1-8,17H,9H2,(H,15,18)/p-1. The molecule has 21 heavy (non-hydrogen) atoms. The highest BCUT2D eigenvalue weighted by molar-refractivity contribution is 5.93. The molecule has 0 spiro atoms. The lowest BCUT2D eigenvalue weighted by Crippen LogP contribution is -2.21. The number of ether oxygens (including phenoxy) is 1. The van der Waals surface area contributed by atoms with Gasteiger partial charge >= 0.3 is 0 Å². The number of non-ortho nitro benzene ring substituents is 1. The van der Waals surface area contributed by atoms with E-state index in [2.05, 4.69) is 5.32 Å². The smallest absolute Gasteiger partial charge is 0.271 e. The van der Waals surface area contributed by atoms with Gasteiger partial charge in [0.25, 0.3) is 11.6 Å². The maximum absolute atomic E-state index is 11.7. The molecule has 1 N–H and O–H groups in total. The zero-order valence-corrected chi connectivity index (χ0v) is 10.8. The van der Waals surface area contributed by atoms with Crippen molar-refractivity contribution < 1.29 is 19.6 Å². The van der Waals surface area contributed by atoms with Crippen LogP contribution in [0, 0.1) is 10.1 Å². The summed E-state index contributed by atoms with van der Waals surface area (Å²) in [6, 6.07) is 11.8. The molecule has 7 heteroatoms. The number of hydrogen-bond donors (Lipinski definition) is 1. The molecule has 2 rings (SSSR count). The second-order valence-corrected chi connectivity index (χ2v) is 4.09. The third-order valence-corrected chi connectivity index (χ3v) is 2.56. The predicted octanol–water partition coefficient (Wildman–Crippen LogP) is 1.69. The highest BCUT2D eigenvalue weighted by atomic mass is 16.6. The number of amides is 1. The summed E-state index contributed by atoms with van der Waals surface area (Å²) < 4.78 is 5.21. The molecule has 0 fully saturated rings. The Balaban J connectivity index is 1.99. The van der Waals surface area contributed by atoms with E-state index in [9.17, 15) is 20.0 Å². The first-order chi connectivity index (χ1) is 10.1. The SMILES string of the molecule is O=C(COc1ccccc1)Nc1cc([N+](=O)[O-])ccc1[O-]. The Morgan fingerprint density at radius 3 is 2.57 bits per heavy atom. The van der Waals surface area contributed by atoms with E-state index in [1.54, 1.807) is 30.3 Å². The molecule has 0 unspecified atom stereocenters. The van der Waals surface area contributed by atoms with E-state index in [1.165, 1.54) is 0 Å². The summed E-state index contributed by atoms with van der Waals surface area (Å²) in [7, 11) is 0. The summed E-state index contributed by atoms with van der Waals surface area (Å²) >= 11 is 0. The number of nitro benzene ring substituents is 1. The number of carbonyl (C=O) groups is 1. The molecule has 108 valence electrons. The highest BCUT2D eigenvalue weighted by Gasteiger charge is 2.09. The fourth-order valence-corrected chi connectivity index (χ4v) is 1.58. The Bertz CT molecular complexity index is 658. The van der Waals surface area contributed by atoms with Crippen molar-refractivity contribution in [1.82, 2.24) is 0 Å². The van der Waals surface area contributed by atoms with E-state index in [-0.39, 0.29) is 18.0 Å². The number of anilines is 1. The second-order valence-electron chi connectivity index (χ2n) is 4.09. The molecule has 0 aliphatic carbocycles. The van der Waals surface area contributed by atoms with Crippen LogP contribution in [-0.2, 0) is 4.79 Å². The minimum atomic E-state index is -0.643. The zero-order chi connectivity index (χ0) is 15.2. The number of carbonyl (C=O) groups excluding carboxylic acids is 1. The molecule has 0 saturated heterocycles. The summed E-state index contributed by atoms with van der Waals surface area (Å²) in [4.78, 5) is 21.7. The summed E-state index contributed by atoms with van der Waals surface area (Å²) in [5.74, 6) is -0.570. The van der Waals surface area contributed by atoms with Crippen LogP contribution in [0.4, 0.5) is 11.4 Å². The van der Waals surface area contributed by atoms with E-state index in [0.717, 1.165) is 18.2 Å². The Labute approximate surface area is 119 Å². The number of hydrogen-bond acceptors (Lipinski definition) is 5. The average molecular weight is 287 g/mol. The average Bonchev–Trinajstić information content (AvgIpc) is 2.48. The summed E-state index contributed by atoms with van der Waals surface area (Å²) in [5.41, 5.74) is -0.417. The van der Waals surface area contributed by atoms with Crippen LogP contribution in [0.3, 0.4) is 0 Å². The molecule has 0 aliphatic rings. The number of benzene rings is 2. The Morgan fingerprint density at radius 2 is 1.90 bits per heavy atom. The Morgan fingerprint density at radius 1 is 1.19 bits per heavy atom. The lowest BCUT2D eigenvalue weighted by Gasteiger charge is -2.14. The predicted molar refractivity (Wildman–Crippen MR) is 73.1 cm³/mol. The van der Waals surface area contributed by atoms with Crippen LogP contribution in [-0.4, -0.2) is 17.4 Å². The molecule has 0 aromatic heterocycles. The first-order valence-electron chi connectivity index (χ1n) is 5.99. The van der Waals surface area contributed by atoms with Crippen LogP contribution in [0.25, 0.3) is 0 Å². The van der Waals surface area contributed by atoms with Crippen molar-refractivity contribution in [1.29, 1.82) is 0 Å². The van der Waals surface area contributed by atoms with Gasteiger partial charge in [-0.05, 0) is 12.1 Å². The fraction of sp³-hybridized carbons (Fsp3) is 0.0714. The van der Waals surface area contributed by atoms with Crippen LogP contribution >= 0.6 is 0 Å². The number of rotatable bonds is 5. The van der Waals surface area contributed by atoms with E-state index in [0.29, 0.717) is 5.75 Å². The van der Waals surface area contributed by atoms with Crippen molar-refractivity contribution in [2.24, 2.45) is 0 Å². The molecule has 0 atom stereocenters. The third-order valence-electron chi connectivity index (χ3n) is 2.56. The maximum Gasteiger partial charge on any atom is 0.271 e. The number of nitrogens with zero attached hydrogens (tertiary/aromatic N) is 1. The van der Waals surface area contributed by atoms with Crippen LogP contribution in [0.1, 0.15) is 0 Å². The molecule has 0 heterocycles. The molecule has 0 aliphatic heterocycles. The molecule has 0 bridgehead atoms. The molecule has 2 aromatic carbocycles. The van der Waals surface area contributed by atoms with Crippen molar-refractivity contribution in [3.05, 3.63) is 58.6 Å². The van der Waals surface area contributed by atoms with Crippen molar-refractivity contribution in [2.75, 3.05) is 11.9 Å². The minimum Gasteiger partial charge on any atom is -0.871 e. The molecule has 1 amide bonds. The lowest BCUT2D eigenvalue weighted by atomic mass is 10.2. The van der Waals surface area contributed by atoms with E-state index in [4.69, 9.17) is 4.74 Å². The normalized spacial score (nSPS) is 9.90. The monoisotopic (exact) mass is 287 g/mol. The summed E-state index contributed by atoms with van der Waals surface area (Å²) in [5, 5.41) is 24.4. The minimum absolute atomic E-state index is 0.147. The molecule has 7 nitrogen and oxygen atoms in total. The molecule has 0 radical (unpaired) electrons. The zero-order valence-electron chi connectivity index (χ0n) is 10.8. The van der Waals surface area contributed by atoms with Gasteiger partial charge in [-0.2, -0.15) is 0 Å². The van der Waals surface area contributed by atoms with Gasteiger partial charge in [-0.1, -0.05) is 30.0 Å². The second kappa shape index (κ2) is 6.38. The van der Waals surface area contributed by atoms with Gasteiger partial charge in [0.2, 0.25) is 0 Å². The molecule has 0 saturated carbocycles. The largest absolute Gasteiger partial charge is 0.871 e. The number of nitrogens with one attached hydrogen (secondary N) is 1. The van der Waals surface area contributed by atoms with E-state index in [1.807, 2.05) is 0 Å². The van der Waals surface area contributed by atoms with Gasteiger partial charge in [0.15, 0.2) is 6.61 Å². The Kier molecular flexibility index (Phi) is 4.35. The van der Waals surface area contributed by atoms with Gasteiger partial charge in [0.1, 0.15) is 5.75 Å². The van der Waals surface area contributed by atoms with Crippen molar-refractivity contribution in [3.63, 3.8) is 0 Å². The van der Waals surface area contributed by atoms with Crippen LogP contribution in [0.15, 0.2) is 48.5 Å². The van der Waals surface area contributed by atoms with Gasteiger partial charge in [-0.15, -0.1) is 0 Å². The van der Waals surface area contributed by atoms with Crippen molar-refractivity contribution in [3.8, 4) is 11.5 Å². The number of para-hydroxylation sites is 1. The highest BCUT2D eigenvalue weighted by Crippen LogP contribution is 2.25. The first-order valence-corrected chi connectivity index (χ1v) is 5.99. The van der Waals surface area contributed by atoms with Gasteiger partial charge in [-0.3, -0.25) is 14.9 Å². The topological polar surface area (TPSA) is 105 Å². The molecular weight excluding hydrogens is 276 g/mol. The van der Waals surface area contributed by atoms with E-state index >= 15 is 0 Å². The van der Waals surface area contributed by atoms with Crippen LogP contribution < -0.4 is 15.2 Å². The summed E-state index contributed by atoms with van der Waals surface area (Å²) in [6.07, 6.45) is 0. The van der Waals surface area contributed by atoms with E-state index < -0.39 is 16.6 Å². The Hall–Kier alpha value is -3.09. The molecule has 2 aromatic rings. The van der Waals surface area contributed by atoms with Gasteiger partial charge in [0, 0.05) is 17.8 Å². The maximum atomic E-state index is 11.7. The fourth-order valence-electron chi connectivity index (χ4n) is 1.58.